The molecule has 7 heteroatoms. The van der Waals surface area contributed by atoms with Gasteiger partial charge < -0.3 is 10.1 Å². The Morgan fingerprint density at radius 2 is 2.15 bits per heavy atom. The van der Waals surface area contributed by atoms with Crippen molar-refractivity contribution >= 4 is 28.8 Å². The van der Waals surface area contributed by atoms with Crippen molar-refractivity contribution in [2.45, 2.75) is 13.0 Å². The SMILES string of the molecule is CSCC(C)n1c(=O)c(=O)[nH]c2c(C(=O)O)cccc21. The number of benzene rings is 1. The maximum absolute atomic E-state index is 12.0. The predicted octanol–water partition coefficient (Wildman–Crippen LogP) is 1.31. The van der Waals surface area contributed by atoms with Crippen LogP contribution in [0.1, 0.15) is 23.3 Å². The first-order valence-corrected chi connectivity index (χ1v) is 7.36. The summed E-state index contributed by atoms with van der Waals surface area (Å²) in [5, 5.41) is 9.16. The van der Waals surface area contributed by atoms with Crippen LogP contribution >= 0.6 is 11.8 Å². The number of carboxylic acids is 1. The van der Waals surface area contributed by atoms with Crippen molar-refractivity contribution in [1.82, 2.24) is 9.55 Å². The topological polar surface area (TPSA) is 92.2 Å². The zero-order chi connectivity index (χ0) is 14.9. The highest BCUT2D eigenvalue weighted by atomic mass is 32.2. The molecule has 1 aromatic carbocycles. The molecule has 1 atom stereocenters. The van der Waals surface area contributed by atoms with Gasteiger partial charge in [-0.1, -0.05) is 6.07 Å². The minimum absolute atomic E-state index is 0.0234. The third-order valence-corrected chi connectivity index (χ3v) is 3.85. The van der Waals surface area contributed by atoms with Gasteiger partial charge in [0, 0.05) is 11.8 Å². The minimum Gasteiger partial charge on any atom is -0.478 e. The maximum atomic E-state index is 12.0. The van der Waals surface area contributed by atoms with Gasteiger partial charge in [0.15, 0.2) is 0 Å². The highest BCUT2D eigenvalue weighted by Gasteiger charge is 2.17. The van der Waals surface area contributed by atoms with E-state index >= 15 is 0 Å². The summed E-state index contributed by atoms with van der Waals surface area (Å²) < 4.78 is 1.36. The molecule has 2 N–H and O–H groups in total. The van der Waals surface area contributed by atoms with E-state index < -0.39 is 17.1 Å². The monoisotopic (exact) mass is 294 g/mol. The van der Waals surface area contributed by atoms with E-state index in [-0.39, 0.29) is 17.1 Å². The van der Waals surface area contributed by atoms with Crippen LogP contribution in [-0.4, -0.2) is 32.6 Å². The number of para-hydroxylation sites is 1. The molecule has 1 heterocycles. The van der Waals surface area contributed by atoms with Gasteiger partial charge >= 0.3 is 17.1 Å². The van der Waals surface area contributed by atoms with E-state index in [2.05, 4.69) is 4.98 Å². The molecule has 6 nitrogen and oxygen atoms in total. The number of rotatable bonds is 4. The molecule has 0 aliphatic carbocycles. The molecule has 0 fully saturated rings. The predicted molar refractivity (Wildman–Crippen MR) is 78.9 cm³/mol. The first-order valence-electron chi connectivity index (χ1n) is 5.97. The first kappa shape index (κ1) is 14.4. The van der Waals surface area contributed by atoms with Crippen molar-refractivity contribution in [3.8, 4) is 0 Å². The highest BCUT2D eigenvalue weighted by Crippen LogP contribution is 2.18. The number of aromatic nitrogens is 2. The summed E-state index contributed by atoms with van der Waals surface area (Å²) >= 11 is 1.55. The van der Waals surface area contributed by atoms with Crippen LogP contribution in [0.3, 0.4) is 0 Å². The fourth-order valence-electron chi connectivity index (χ4n) is 2.19. The van der Waals surface area contributed by atoms with Gasteiger partial charge in [-0.05, 0) is 25.3 Å². The summed E-state index contributed by atoms with van der Waals surface area (Å²) in [5.41, 5.74) is -0.890. The van der Waals surface area contributed by atoms with E-state index in [1.165, 1.54) is 10.6 Å². The van der Waals surface area contributed by atoms with Gasteiger partial charge in [-0.2, -0.15) is 11.8 Å². The van der Waals surface area contributed by atoms with Crippen molar-refractivity contribution in [1.29, 1.82) is 0 Å². The Bertz CT molecular complexity index is 778. The molecule has 106 valence electrons. The quantitative estimate of drug-likeness (QED) is 0.829. The maximum Gasteiger partial charge on any atom is 0.337 e. The lowest BCUT2D eigenvalue weighted by atomic mass is 10.1. The number of carboxylic acid groups (broad SMARTS) is 1. The number of nitrogens with one attached hydrogen (secondary N) is 1. The van der Waals surface area contributed by atoms with Crippen molar-refractivity contribution < 1.29 is 9.90 Å². The number of H-pyrrole nitrogens is 1. The lowest BCUT2D eigenvalue weighted by molar-refractivity contribution is 0.0698. The number of hydrogen-bond donors (Lipinski definition) is 2. The Morgan fingerprint density at radius 3 is 2.75 bits per heavy atom. The Balaban J connectivity index is 2.89. The number of aromatic carboxylic acids is 1. The van der Waals surface area contributed by atoms with Crippen molar-refractivity contribution in [2.75, 3.05) is 12.0 Å². The van der Waals surface area contributed by atoms with Crippen LogP contribution in [0.4, 0.5) is 0 Å². The zero-order valence-electron chi connectivity index (χ0n) is 11.0. The van der Waals surface area contributed by atoms with Crippen LogP contribution in [0.2, 0.25) is 0 Å². The van der Waals surface area contributed by atoms with Crippen LogP contribution in [0, 0.1) is 0 Å². The van der Waals surface area contributed by atoms with E-state index in [1.807, 2.05) is 13.2 Å². The number of aromatic amines is 1. The van der Waals surface area contributed by atoms with Crippen LogP contribution in [0.15, 0.2) is 27.8 Å². The summed E-state index contributed by atoms with van der Waals surface area (Å²) in [7, 11) is 0. The van der Waals surface area contributed by atoms with Gasteiger partial charge in [-0.3, -0.25) is 14.2 Å². The number of fused-ring (bicyclic) bond motifs is 1. The second-order valence-corrected chi connectivity index (χ2v) is 5.35. The molecule has 0 aliphatic heterocycles. The summed E-state index contributed by atoms with van der Waals surface area (Å²) in [6.07, 6.45) is 1.90. The Kier molecular flexibility index (Phi) is 3.99. The summed E-state index contributed by atoms with van der Waals surface area (Å²) in [5.74, 6) is -0.496. The summed E-state index contributed by atoms with van der Waals surface area (Å²) in [6, 6.07) is 4.39. The van der Waals surface area contributed by atoms with E-state index in [0.717, 1.165) is 0 Å². The van der Waals surface area contributed by atoms with Crippen molar-refractivity contribution in [3.63, 3.8) is 0 Å². The van der Waals surface area contributed by atoms with E-state index in [4.69, 9.17) is 5.11 Å². The number of carbonyl (C=O) groups is 1. The van der Waals surface area contributed by atoms with E-state index in [0.29, 0.717) is 11.3 Å². The molecule has 0 saturated carbocycles. The molecular formula is C13H14N2O4S. The Morgan fingerprint density at radius 1 is 1.45 bits per heavy atom. The smallest absolute Gasteiger partial charge is 0.337 e. The molecule has 0 radical (unpaired) electrons. The first-order chi connectivity index (χ1) is 9.47. The largest absolute Gasteiger partial charge is 0.478 e. The van der Waals surface area contributed by atoms with Crippen LogP contribution in [0.5, 0.6) is 0 Å². The van der Waals surface area contributed by atoms with Gasteiger partial charge in [-0.25, -0.2) is 4.79 Å². The van der Waals surface area contributed by atoms with E-state index in [1.54, 1.807) is 23.9 Å². The van der Waals surface area contributed by atoms with Gasteiger partial charge in [0.05, 0.1) is 16.6 Å². The lowest BCUT2D eigenvalue weighted by Crippen LogP contribution is -2.38. The van der Waals surface area contributed by atoms with Gasteiger partial charge in [0.25, 0.3) is 0 Å². The second-order valence-electron chi connectivity index (χ2n) is 4.44. The third-order valence-electron chi connectivity index (χ3n) is 3.03. The molecule has 0 aliphatic rings. The minimum atomic E-state index is -1.14. The Labute approximate surface area is 118 Å². The third kappa shape index (κ3) is 2.36. The molecule has 0 bridgehead atoms. The zero-order valence-corrected chi connectivity index (χ0v) is 11.9. The van der Waals surface area contributed by atoms with Crippen molar-refractivity contribution in [3.05, 3.63) is 44.5 Å². The standard InChI is InChI=1S/C13H14N2O4S/c1-7(6-20-2)15-9-5-3-4-8(13(18)19)10(9)14-11(16)12(15)17/h3-5,7H,6H2,1-2H3,(H,14,16)(H,18,19). The lowest BCUT2D eigenvalue weighted by Gasteiger charge is -2.17. The van der Waals surface area contributed by atoms with Crippen LogP contribution < -0.4 is 11.1 Å². The molecule has 20 heavy (non-hydrogen) atoms. The Hall–Kier alpha value is -2.02. The average molecular weight is 294 g/mol. The van der Waals surface area contributed by atoms with Gasteiger partial charge in [-0.15, -0.1) is 0 Å². The van der Waals surface area contributed by atoms with E-state index in [9.17, 15) is 14.4 Å². The fraction of sp³-hybridized carbons (Fsp3) is 0.308. The van der Waals surface area contributed by atoms with Gasteiger partial charge in [0.1, 0.15) is 0 Å². The number of thioether (sulfide) groups is 1. The molecule has 0 saturated heterocycles. The fourth-order valence-corrected chi connectivity index (χ4v) is 2.82. The molecule has 1 unspecified atom stereocenters. The highest BCUT2D eigenvalue weighted by molar-refractivity contribution is 7.98. The number of nitrogens with zero attached hydrogens (tertiary/aromatic N) is 1. The van der Waals surface area contributed by atoms with Gasteiger partial charge in [0.2, 0.25) is 0 Å². The van der Waals surface area contributed by atoms with Crippen LogP contribution in [0.25, 0.3) is 11.0 Å². The summed E-state index contributed by atoms with van der Waals surface area (Å²) in [4.78, 5) is 37.4. The molecule has 0 spiro atoms. The normalized spacial score (nSPS) is 12.5. The number of hydrogen-bond acceptors (Lipinski definition) is 4. The van der Waals surface area contributed by atoms with Crippen LogP contribution in [-0.2, 0) is 0 Å². The average Bonchev–Trinajstić information content (AvgIpc) is 2.39. The molecule has 1 aromatic heterocycles. The van der Waals surface area contributed by atoms with Crippen molar-refractivity contribution in [2.24, 2.45) is 0 Å². The molecule has 2 rings (SSSR count). The summed E-state index contributed by atoms with van der Waals surface area (Å²) in [6.45, 7) is 1.82. The molecule has 2 aromatic rings. The molecule has 0 amide bonds. The second kappa shape index (κ2) is 5.54. The molecular weight excluding hydrogens is 280 g/mol.